The quantitative estimate of drug-likeness (QED) is 0.706. The van der Waals surface area contributed by atoms with E-state index in [9.17, 15) is 9.59 Å². The van der Waals surface area contributed by atoms with Crippen molar-refractivity contribution in [3.8, 4) is 0 Å². The molecule has 0 aliphatic heterocycles. The summed E-state index contributed by atoms with van der Waals surface area (Å²) in [4.78, 5) is 34.0. The highest BCUT2D eigenvalue weighted by molar-refractivity contribution is 5.94. The number of amides is 2. The van der Waals surface area contributed by atoms with Crippen molar-refractivity contribution in [1.29, 1.82) is 0 Å². The van der Waals surface area contributed by atoms with E-state index in [1.807, 2.05) is 0 Å². The maximum atomic E-state index is 13.0. The van der Waals surface area contributed by atoms with Crippen LogP contribution < -0.4 is 10.6 Å². The van der Waals surface area contributed by atoms with E-state index in [4.69, 9.17) is 0 Å². The van der Waals surface area contributed by atoms with Crippen LogP contribution in [-0.2, 0) is 0 Å². The molecule has 1 unspecified atom stereocenters. The number of carbonyl (C=O) groups is 2. The normalized spacial score (nSPS) is 30.7. The van der Waals surface area contributed by atoms with Gasteiger partial charge in [-0.2, -0.15) is 0 Å². The summed E-state index contributed by atoms with van der Waals surface area (Å²) < 4.78 is 0. The van der Waals surface area contributed by atoms with Crippen molar-refractivity contribution in [1.82, 2.24) is 20.6 Å². The summed E-state index contributed by atoms with van der Waals surface area (Å²) in [7, 11) is 0. The average molecular weight is 449 g/mol. The van der Waals surface area contributed by atoms with Crippen LogP contribution in [0.2, 0.25) is 0 Å². The molecule has 0 saturated heterocycles. The number of nitrogens with one attached hydrogen (secondary N) is 2. The van der Waals surface area contributed by atoms with Gasteiger partial charge in [0.25, 0.3) is 11.8 Å². The summed E-state index contributed by atoms with van der Waals surface area (Å²) in [6, 6.07) is 7.21. The molecule has 0 spiro atoms. The molecule has 2 aromatic heterocycles. The summed E-state index contributed by atoms with van der Waals surface area (Å²) in [5.74, 6) is 0.794. The number of nitrogens with zero attached hydrogens (tertiary/aromatic N) is 2. The molecule has 2 amide bonds. The van der Waals surface area contributed by atoms with Crippen LogP contribution in [0.25, 0.3) is 0 Å². The summed E-state index contributed by atoms with van der Waals surface area (Å²) in [6.07, 6.45) is 11.1. The molecule has 2 heterocycles. The molecule has 6 heteroatoms. The van der Waals surface area contributed by atoms with Crippen molar-refractivity contribution in [3.05, 3.63) is 60.2 Å². The van der Waals surface area contributed by atoms with Crippen LogP contribution in [0.15, 0.2) is 49.1 Å². The molecule has 2 aromatic rings. The second kappa shape index (κ2) is 9.24. The second-order valence-electron chi connectivity index (χ2n) is 10.9. The molecule has 33 heavy (non-hydrogen) atoms. The lowest BCUT2D eigenvalue weighted by Crippen LogP contribution is -2.60. The van der Waals surface area contributed by atoms with Gasteiger partial charge in [-0.25, -0.2) is 0 Å². The Labute approximate surface area is 197 Å². The number of carbonyl (C=O) groups excluding carboxylic acids is 2. The van der Waals surface area contributed by atoms with Crippen LogP contribution in [-0.4, -0.2) is 34.4 Å². The van der Waals surface area contributed by atoms with Crippen molar-refractivity contribution in [3.63, 3.8) is 0 Å². The molecule has 2 N–H and O–H groups in total. The lowest BCUT2D eigenvalue weighted by molar-refractivity contribution is -0.102. The summed E-state index contributed by atoms with van der Waals surface area (Å²) >= 11 is 0. The Bertz CT molecular complexity index is 978. The first-order valence-corrected chi connectivity index (χ1v) is 12.1. The minimum absolute atomic E-state index is 0.0495. The fourth-order valence-corrected chi connectivity index (χ4v) is 6.71. The Morgan fingerprint density at radius 2 is 1.64 bits per heavy atom. The van der Waals surface area contributed by atoms with E-state index in [2.05, 4.69) is 48.3 Å². The molecular formula is C27H36N4O2. The largest absolute Gasteiger partial charge is 0.352 e. The van der Waals surface area contributed by atoms with E-state index in [0.29, 0.717) is 23.6 Å². The zero-order valence-electron chi connectivity index (χ0n) is 20.2. The first-order chi connectivity index (χ1) is 15.7. The lowest BCUT2D eigenvalue weighted by Gasteiger charge is -2.61. The lowest BCUT2D eigenvalue weighted by atomic mass is 9.45. The van der Waals surface area contributed by atoms with Crippen molar-refractivity contribution >= 4 is 11.8 Å². The molecule has 176 valence electrons. The Hall–Kier alpha value is -2.76. The van der Waals surface area contributed by atoms with Crippen molar-refractivity contribution < 1.29 is 9.59 Å². The molecule has 0 radical (unpaired) electrons. The highest BCUT2D eigenvalue weighted by atomic mass is 16.2. The smallest absolute Gasteiger partial charge is 0.253 e. The minimum atomic E-state index is -0.0907. The molecule has 0 aromatic carbocycles. The summed E-state index contributed by atoms with van der Waals surface area (Å²) in [6.45, 7) is 9.98. The van der Waals surface area contributed by atoms with Crippen molar-refractivity contribution in [2.24, 2.45) is 28.6 Å². The van der Waals surface area contributed by atoms with E-state index >= 15 is 0 Å². The number of pyridine rings is 2. The number of hydrogen-bond donors (Lipinski definition) is 2. The Morgan fingerprint density at radius 1 is 1.00 bits per heavy atom. The van der Waals surface area contributed by atoms with Gasteiger partial charge < -0.3 is 10.6 Å². The van der Waals surface area contributed by atoms with Crippen LogP contribution >= 0.6 is 0 Å². The van der Waals surface area contributed by atoms with Crippen molar-refractivity contribution in [2.75, 3.05) is 6.54 Å². The maximum Gasteiger partial charge on any atom is 0.253 e. The molecule has 5 atom stereocenters. The molecule has 2 fully saturated rings. The van der Waals surface area contributed by atoms with Gasteiger partial charge in [-0.15, -0.1) is 0 Å². The Balaban J connectivity index is 1.57. The van der Waals surface area contributed by atoms with Gasteiger partial charge in [-0.05, 0) is 72.1 Å². The standard InChI is InChI=1S/C27H36N4O2/c1-18-21(17-30-24(32)19-8-5-12-28-15-19)27(4)11-7-10-26(2,3)23(27)14-22(18)31-25(33)20-9-6-13-29-16-20/h5-6,8-9,12-13,15-16,18,21-23H,7,10-11,14,17H2,1-4H3,(H,30,32)(H,31,33)/t18-,21-,22+,23?,27+/m0/s1. The molecule has 4 rings (SSSR count). The van der Waals surface area contributed by atoms with Crippen LogP contribution in [0.4, 0.5) is 0 Å². The Morgan fingerprint density at radius 3 is 2.24 bits per heavy atom. The number of aromatic nitrogens is 2. The third-order valence-electron chi connectivity index (χ3n) is 8.53. The highest BCUT2D eigenvalue weighted by Crippen LogP contribution is 2.60. The van der Waals surface area contributed by atoms with Gasteiger partial charge in [0.05, 0.1) is 11.1 Å². The predicted molar refractivity (Wildman–Crippen MR) is 129 cm³/mol. The van der Waals surface area contributed by atoms with Crippen LogP contribution in [0.1, 0.15) is 74.1 Å². The van der Waals surface area contributed by atoms with Gasteiger partial charge >= 0.3 is 0 Å². The molecule has 6 nitrogen and oxygen atoms in total. The van der Waals surface area contributed by atoms with Crippen LogP contribution in [0.3, 0.4) is 0 Å². The molecule has 2 aliphatic rings. The topological polar surface area (TPSA) is 84.0 Å². The fraction of sp³-hybridized carbons (Fsp3) is 0.556. The molecule has 2 saturated carbocycles. The average Bonchev–Trinajstić information content (AvgIpc) is 2.80. The maximum absolute atomic E-state index is 13.0. The van der Waals surface area contributed by atoms with Gasteiger partial charge in [-0.1, -0.05) is 34.1 Å². The second-order valence-corrected chi connectivity index (χ2v) is 10.9. The summed E-state index contributed by atoms with van der Waals surface area (Å²) in [5, 5.41) is 6.51. The third-order valence-corrected chi connectivity index (χ3v) is 8.53. The van der Waals surface area contributed by atoms with E-state index in [0.717, 1.165) is 12.8 Å². The number of fused-ring (bicyclic) bond motifs is 1. The molecule has 2 aliphatic carbocycles. The van der Waals surface area contributed by atoms with Crippen LogP contribution in [0.5, 0.6) is 0 Å². The molecule has 0 bridgehead atoms. The highest BCUT2D eigenvalue weighted by Gasteiger charge is 2.56. The van der Waals surface area contributed by atoms with Gasteiger partial charge in [0, 0.05) is 37.4 Å². The monoisotopic (exact) mass is 448 g/mol. The minimum Gasteiger partial charge on any atom is -0.352 e. The predicted octanol–water partition coefficient (Wildman–Crippen LogP) is 4.49. The Kier molecular flexibility index (Phi) is 6.55. The number of hydrogen-bond acceptors (Lipinski definition) is 4. The summed E-state index contributed by atoms with van der Waals surface area (Å²) in [5.41, 5.74) is 1.46. The first-order valence-electron chi connectivity index (χ1n) is 12.1. The van der Waals surface area contributed by atoms with Gasteiger partial charge in [-0.3, -0.25) is 19.6 Å². The zero-order chi connectivity index (χ0) is 23.6. The van der Waals surface area contributed by atoms with E-state index in [-0.39, 0.29) is 40.5 Å². The third kappa shape index (κ3) is 4.66. The van der Waals surface area contributed by atoms with Gasteiger partial charge in [0.15, 0.2) is 0 Å². The van der Waals surface area contributed by atoms with Crippen molar-refractivity contribution in [2.45, 2.75) is 59.4 Å². The van der Waals surface area contributed by atoms with E-state index in [1.54, 1.807) is 49.1 Å². The SMILES string of the molecule is C[C@@H]1[C@H](NC(=O)c2cccnc2)CC2C(C)(C)CCC[C@]2(C)[C@H]1CNC(=O)c1cccnc1. The molecular weight excluding hydrogens is 412 g/mol. The van der Waals surface area contributed by atoms with Gasteiger partial charge in [0.2, 0.25) is 0 Å². The van der Waals surface area contributed by atoms with E-state index in [1.165, 1.54) is 12.8 Å². The van der Waals surface area contributed by atoms with E-state index < -0.39 is 0 Å². The van der Waals surface area contributed by atoms with Gasteiger partial charge in [0.1, 0.15) is 0 Å². The first kappa shape index (κ1) is 23.4. The zero-order valence-corrected chi connectivity index (χ0v) is 20.2. The van der Waals surface area contributed by atoms with Crippen LogP contribution in [0, 0.1) is 28.6 Å². The fourth-order valence-electron chi connectivity index (χ4n) is 6.71. The number of rotatable bonds is 5.